The van der Waals surface area contributed by atoms with Crippen LogP contribution in [0.3, 0.4) is 0 Å². The molecule has 3 N–H and O–H groups in total. The SMILES string of the molecule is Cl.Cl.NCCC(=O)c1cnc[nH]1. The van der Waals surface area contributed by atoms with E-state index in [0.29, 0.717) is 18.7 Å². The molecule has 0 aliphatic rings. The summed E-state index contributed by atoms with van der Waals surface area (Å²) in [5.74, 6) is 0.0139. The van der Waals surface area contributed by atoms with Crippen LogP contribution < -0.4 is 5.73 Å². The number of hydrogen-bond donors (Lipinski definition) is 2. The summed E-state index contributed by atoms with van der Waals surface area (Å²) in [6.07, 6.45) is 3.35. The van der Waals surface area contributed by atoms with Gasteiger partial charge in [0.15, 0.2) is 5.78 Å². The van der Waals surface area contributed by atoms with Gasteiger partial charge in [-0.3, -0.25) is 4.79 Å². The summed E-state index contributed by atoms with van der Waals surface area (Å²) < 4.78 is 0. The summed E-state index contributed by atoms with van der Waals surface area (Å²) in [5.41, 5.74) is 5.71. The number of hydrogen-bond acceptors (Lipinski definition) is 3. The largest absolute Gasteiger partial charge is 0.342 e. The molecule has 0 aliphatic heterocycles. The van der Waals surface area contributed by atoms with Gasteiger partial charge in [-0.05, 0) is 6.54 Å². The van der Waals surface area contributed by atoms with E-state index >= 15 is 0 Å². The fourth-order valence-corrected chi connectivity index (χ4v) is 0.674. The summed E-state index contributed by atoms with van der Waals surface area (Å²) >= 11 is 0. The van der Waals surface area contributed by atoms with Gasteiger partial charge in [0.25, 0.3) is 0 Å². The van der Waals surface area contributed by atoms with Crippen LogP contribution in [0.15, 0.2) is 12.5 Å². The Kier molecular flexibility index (Phi) is 8.26. The van der Waals surface area contributed by atoms with Crippen molar-refractivity contribution >= 4 is 30.6 Å². The molecule has 1 aromatic heterocycles. The van der Waals surface area contributed by atoms with Crippen LogP contribution in [-0.2, 0) is 0 Å². The molecule has 0 aromatic carbocycles. The minimum absolute atomic E-state index is 0. The van der Waals surface area contributed by atoms with Gasteiger partial charge >= 0.3 is 0 Å². The van der Waals surface area contributed by atoms with Gasteiger partial charge in [-0.2, -0.15) is 0 Å². The predicted octanol–water partition coefficient (Wildman–Crippen LogP) is 0.785. The van der Waals surface area contributed by atoms with Gasteiger partial charge < -0.3 is 10.7 Å². The van der Waals surface area contributed by atoms with Crippen molar-refractivity contribution in [1.29, 1.82) is 0 Å². The average Bonchev–Trinajstić information content (AvgIpc) is 2.38. The number of nitrogens with two attached hydrogens (primary N) is 1. The molecule has 12 heavy (non-hydrogen) atoms. The van der Waals surface area contributed by atoms with Crippen LogP contribution in [0.4, 0.5) is 0 Å². The van der Waals surface area contributed by atoms with E-state index in [-0.39, 0.29) is 30.6 Å². The van der Waals surface area contributed by atoms with Crippen LogP contribution in [0.1, 0.15) is 16.9 Å². The highest BCUT2D eigenvalue weighted by molar-refractivity contribution is 5.94. The first kappa shape index (κ1) is 14.0. The number of halogens is 2. The lowest BCUT2D eigenvalue weighted by atomic mass is 10.2. The minimum atomic E-state index is 0. The monoisotopic (exact) mass is 211 g/mol. The van der Waals surface area contributed by atoms with Crippen LogP contribution in [0, 0.1) is 0 Å². The molecular weight excluding hydrogens is 201 g/mol. The second-order valence-corrected chi connectivity index (χ2v) is 1.93. The standard InChI is InChI=1S/C6H9N3O.2ClH/c7-2-1-6(10)5-3-8-4-9-5;;/h3-4H,1-2,7H2,(H,8,9);2*1H. The third-order valence-electron chi connectivity index (χ3n) is 1.17. The van der Waals surface area contributed by atoms with Gasteiger partial charge in [-0.1, -0.05) is 0 Å². The maximum atomic E-state index is 11.0. The van der Waals surface area contributed by atoms with E-state index in [0.717, 1.165) is 0 Å². The normalized spacial score (nSPS) is 8.08. The van der Waals surface area contributed by atoms with Gasteiger partial charge in [0, 0.05) is 6.42 Å². The molecule has 0 bridgehead atoms. The Labute approximate surface area is 82.8 Å². The van der Waals surface area contributed by atoms with E-state index in [9.17, 15) is 4.79 Å². The Morgan fingerprint density at radius 3 is 2.67 bits per heavy atom. The summed E-state index contributed by atoms with van der Waals surface area (Å²) in [7, 11) is 0. The van der Waals surface area contributed by atoms with Gasteiger partial charge in [0.1, 0.15) is 5.69 Å². The molecule has 0 radical (unpaired) electrons. The first-order valence-corrected chi connectivity index (χ1v) is 3.06. The summed E-state index contributed by atoms with van der Waals surface area (Å²) in [6, 6.07) is 0. The van der Waals surface area contributed by atoms with E-state index < -0.39 is 0 Å². The Bertz CT molecular complexity index is 213. The van der Waals surface area contributed by atoms with Crippen molar-refractivity contribution in [2.45, 2.75) is 6.42 Å². The number of Topliss-reactive ketones (excluding diaryl/α,β-unsaturated/α-hetero) is 1. The minimum Gasteiger partial charge on any atom is -0.342 e. The highest BCUT2D eigenvalue weighted by Gasteiger charge is 2.03. The van der Waals surface area contributed by atoms with Crippen molar-refractivity contribution < 1.29 is 4.79 Å². The molecule has 0 unspecified atom stereocenters. The molecule has 70 valence electrons. The molecule has 0 saturated heterocycles. The number of carbonyl (C=O) groups is 1. The second kappa shape index (κ2) is 7.09. The molecule has 0 saturated carbocycles. The van der Waals surface area contributed by atoms with Crippen LogP contribution in [-0.4, -0.2) is 22.3 Å². The molecular formula is C6H11Cl2N3O. The summed E-state index contributed by atoms with van der Waals surface area (Å²) in [5, 5.41) is 0. The zero-order valence-electron chi connectivity index (χ0n) is 6.32. The van der Waals surface area contributed by atoms with E-state index in [1.165, 1.54) is 12.5 Å². The molecule has 0 fully saturated rings. The average molecular weight is 212 g/mol. The lowest BCUT2D eigenvalue weighted by Crippen LogP contribution is -2.08. The molecule has 1 rings (SSSR count). The van der Waals surface area contributed by atoms with E-state index in [1.807, 2.05) is 0 Å². The number of aromatic nitrogens is 2. The van der Waals surface area contributed by atoms with Crippen LogP contribution in [0.2, 0.25) is 0 Å². The number of nitrogens with zero attached hydrogens (tertiary/aromatic N) is 1. The molecule has 0 spiro atoms. The lowest BCUT2D eigenvalue weighted by molar-refractivity contribution is 0.0981. The van der Waals surface area contributed by atoms with Crippen molar-refractivity contribution in [2.75, 3.05) is 6.54 Å². The zero-order valence-corrected chi connectivity index (χ0v) is 7.95. The second-order valence-electron chi connectivity index (χ2n) is 1.93. The van der Waals surface area contributed by atoms with Crippen LogP contribution in [0.25, 0.3) is 0 Å². The Hall–Kier alpha value is -0.580. The van der Waals surface area contributed by atoms with E-state index in [1.54, 1.807) is 0 Å². The van der Waals surface area contributed by atoms with E-state index in [4.69, 9.17) is 5.73 Å². The Morgan fingerprint density at radius 2 is 2.25 bits per heavy atom. The quantitative estimate of drug-likeness (QED) is 0.727. The first-order valence-electron chi connectivity index (χ1n) is 3.06. The summed E-state index contributed by atoms with van der Waals surface area (Å²) in [6.45, 7) is 0.387. The predicted molar refractivity (Wildman–Crippen MR) is 51.1 cm³/mol. The van der Waals surface area contributed by atoms with Crippen molar-refractivity contribution in [3.8, 4) is 0 Å². The smallest absolute Gasteiger partial charge is 0.181 e. The fourth-order valence-electron chi connectivity index (χ4n) is 0.674. The van der Waals surface area contributed by atoms with Crippen molar-refractivity contribution in [3.63, 3.8) is 0 Å². The van der Waals surface area contributed by atoms with Gasteiger partial charge in [-0.15, -0.1) is 24.8 Å². The first-order chi connectivity index (χ1) is 4.84. The summed E-state index contributed by atoms with van der Waals surface area (Å²) in [4.78, 5) is 17.4. The van der Waals surface area contributed by atoms with Crippen LogP contribution >= 0.6 is 24.8 Å². The van der Waals surface area contributed by atoms with Gasteiger partial charge in [-0.25, -0.2) is 4.98 Å². The van der Waals surface area contributed by atoms with E-state index in [2.05, 4.69) is 9.97 Å². The maximum Gasteiger partial charge on any atom is 0.181 e. The number of aromatic amines is 1. The Balaban J connectivity index is 0. The fraction of sp³-hybridized carbons (Fsp3) is 0.333. The lowest BCUT2D eigenvalue weighted by Gasteiger charge is -1.90. The molecule has 1 aromatic rings. The van der Waals surface area contributed by atoms with Gasteiger partial charge in [0.05, 0.1) is 12.5 Å². The molecule has 6 heteroatoms. The number of nitrogens with one attached hydrogen (secondary N) is 1. The zero-order chi connectivity index (χ0) is 7.40. The number of H-pyrrole nitrogens is 1. The third-order valence-corrected chi connectivity index (χ3v) is 1.17. The maximum absolute atomic E-state index is 11.0. The molecule has 0 atom stereocenters. The van der Waals surface area contributed by atoms with Crippen molar-refractivity contribution in [2.24, 2.45) is 5.73 Å². The molecule has 1 heterocycles. The Morgan fingerprint density at radius 1 is 1.58 bits per heavy atom. The molecule has 4 nitrogen and oxygen atoms in total. The molecule has 0 amide bonds. The highest BCUT2D eigenvalue weighted by atomic mass is 35.5. The number of carbonyl (C=O) groups excluding carboxylic acids is 1. The highest BCUT2D eigenvalue weighted by Crippen LogP contribution is 1.94. The van der Waals surface area contributed by atoms with Crippen LogP contribution in [0.5, 0.6) is 0 Å². The topological polar surface area (TPSA) is 71.8 Å². The third kappa shape index (κ3) is 3.71. The number of rotatable bonds is 3. The van der Waals surface area contributed by atoms with Gasteiger partial charge in [0.2, 0.25) is 0 Å². The number of imidazole rings is 1. The van der Waals surface area contributed by atoms with Crippen molar-refractivity contribution in [1.82, 2.24) is 9.97 Å². The van der Waals surface area contributed by atoms with Crippen molar-refractivity contribution in [3.05, 3.63) is 18.2 Å². The number of ketones is 1. The molecule has 0 aliphatic carbocycles.